The summed E-state index contributed by atoms with van der Waals surface area (Å²) in [6.07, 6.45) is -0.454. The Morgan fingerprint density at radius 1 is 1.35 bits per heavy atom. The van der Waals surface area contributed by atoms with E-state index in [1.165, 1.54) is 12.1 Å². The van der Waals surface area contributed by atoms with E-state index < -0.39 is 28.0 Å². The van der Waals surface area contributed by atoms with Crippen molar-refractivity contribution in [3.63, 3.8) is 0 Å². The van der Waals surface area contributed by atoms with Gasteiger partial charge in [0.1, 0.15) is 5.52 Å². The molecule has 0 atom stereocenters. The maximum Gasteiger partial charge on any atom is 0.304 e. The normalized spacial score (nSPS) is 11.8. The first kappa shape index (κ1) is 11.5. The summed E-state index contributed by atoms with van der Waals surface area (Å²) in [4.78, 5) is 10.3. The fourth-order valence-electron chi connectivity index (χ4n) is 1.36. The largest absolute Gasteiger partial charge is 0.481 e. The zero-order valence-electron chi connectivity index (χ0n) is 8.53. The minimum Gasteiger partial charge on any atom is -0.481 e. The van der Waals surface area contributed by atoms with Gasteiger partial charge in [0.15, 0.2) is 15.4 Å². The Bertz CT molecular complexity index is 661. The van der Waals surface area contributed by atoms with Gasteiger partial charge in [0.2, 0.25) is 0 Å². The molecule has 90 valence electrons. The van der Waals surface area contributed by atoms with Gasteiger partial charge >= 0.3 is 5.97 Å². The SMILES string of the molecule is O=C(O)CCS(=O)(=O)c1cccc2nonc12. The summed E-state index contributed by atoms with van der Waals surface area (Å²) in [7, 11) is -3.70. The number of aromatic nitrogens is 2. The fraction of sp³-hybridized carbons (Fsp3) is 0.222. The first-order valence-corrected chi connectivity index (χ1v) is 6.32. The van der Waals surface area contributed by atoms with Gasteiger partial charge < -0.3 is 5.11 Å². The molecule has 1 heterocycles. The van der Waals surface area contributed by atoms with Crippen LogP contribution in [0.4, 0.5) is 0 Å². The summed E-state index contributed by atoms with van der Waals surface area (Å²) in [6.45, 7) is 0. The molecule has 0 radical (unpaired) electrons. The Labute approximate surface area is 95.9 Å². The monoisotopic (exact) mass is 256 g/mol. The Morgan fingerprint density at radius 2 is 2.12 bits per heavy atom. The molecule has 0 saturated carbocycles. The van der Waals surface area contributed by atoms with Gasteiger partial charge in [-0.3, -0.25) is 4.79 Å². The van der Waals surface area contributed by atoms with Gasteiger partial charge in [-0.1, -0.05) is 6.07 Å². The lowest BCUT2D eigenvalue weighted by Crippen LogP contribution is -2.11. The van der Waals surface area contributed by atoms with E-state index in [0.29, 0.717) is 5.52 Å². The topological polar surface area (TPSA) is 110 Å². The maximum absolute atomic E-state index is 11.9. The van der Waals surface area contributed by atoms with Crippen LogP contribution in [0.1, 0.15) is 6.42 Å². The molecule has 1 aromatic heterocycles. The predicted octanol–water partition coefficient (Wildman–Crippen LogP) is 0.471. The van der Waals surface area contributed by atoms with E-state index in [1.807, 2.05) is 0 Å². The molecule has 2 aromatic rings. The molecule has 1 aromatic carbocycles. The highest BCUT2D eigenvalue weighted by Crippen LogP contribution is 2.21. The van der Waals surface area contributed by atoms with Crippen molar-refractivity contribution >= 4 is 26.8 Å². The number of carbonyl (C=O) groups is 1. The second-order valence-electron chi connectivity index (χ2n) is 3.35. The Morgan fingerprint density at radius 3 is 2.82 bits per heavy atom. The minimum atomic E-state index is -3.70. The summed E-state index contributed by atoms with van der Waals surface area (Å²) in [5.41, 5.74) is 0.444. The summed E-state index contributed by atoms with van der Waals surface area (Å²) in [5.74, 6) is -1.65. The molecule has 0 aliphatic heterocycles. The van der Waals surface area contributed by atoms with Gasteiger partial charge in [0.05, 0.1) is 17.1 Å². The number of fused-ring (bicyclic) bond motifs is 1. The highest BCUT2D eigenvalue weighted by molar-refractivity contribution is 7.91. The van der Waals surface area contributed by atoms with E-state index in [-0.39, 0.29) is 10.4 Å². The third kappa shape index (κ3) is 2.26. The average Bonchev–Trinajstić information content (AvgIpc) is 2.74. The molecule has 0 saturated heterocycles. The van der Waals surface area contributed by atoms with E-state index in [9.17, 15) is 13.2 Å². The first-order chi connectivity index (χ1) is 8.00. The Kier molecular flexibility index (Phi) is 2.80. The predicted molar refractivity (Wildman–Crippen MR) is 56.1 cm³/mol. The van der Waals surface area contributed by atoms with Crippen LogP contribution in [0.2, 0.25) is 0 Å². The Balaban J connectivity index is 2.45. The molecular formula is C9H8N2O5S. The van der Waals surface area contributed by atoms with E-state index >= 15 is 0 Å². The number of hydrogen-bond acceptors (Lipinski definition) is 6. The van der Waals surface area contributed by atoms with Crippen molar-refractivity contribution in [1.82, 2.24) is 10.3 Å². The van der Waals surface area contributed by atoms with E-state index in [2.05, 4.69) is 14.9 Å². The molecule has 1 N–H and O–H groups in total. The zero-order chi connectivity index (χ0) is 12.5. The summed E-state index contributed by atoms with van der Waals surface area (Å²) < 4.78 is 28.2. The maximum atomic E-state index is 11.9. The van der Waals surface area contributed by atoms with Crippen molar-refractivity contribution in [1.29, 1.82) is 0 Å². The number of nitrogens with zero attached hydrogens (tertiary/aromatic N) is 2. The van der Waals surface area contributed by atoms with Crippen molar-refractivity contribution < 1.29 is 22.9 Å². The van der Waals surface area contributed by atoms with Crippen LogP contribution in [0.5, 0.6) is 0 Å². The van der Waals surface area contributed by atoms with Crippen LogP contribution in [-0.4, -0.2) is 35.6 Å². The van der Waals surface area contributed by atoms with Crippen LogP contribution in [0.15, 0.2) is 27.7 Å². The third-order valence-corrected chi connectivity index (χ3v) is 3.91. The number of carboxylic acid groups (broad SMARTS) is 1. The Hall–Kier alpha value is -1.96. The standard InChI is InChI=1S/C9H8N2O5S/c12-8(13)4-5-17(14,15)7-3-1-2-6-9(7)11-16-10-6/h1-3H,4-5H2,(H,12,13). The van der Waals surface area contributed by atoms with Gasteiger partial charge in [-0.25, -0.2) is 13.0 Å². The molecule has 0 aliphatic rings. The molecular weight excluding hydrogens is 248 g/mol. The van der Waals surface area contributed by atoms with Crippen LogP contribution < -0.4 is 0 Å². The molecule has 2 rings (SSSR count). The second kappa shape index (κ2) is 4.13. The molecule has 0 fully saturated rings. The molecule has 17 heavy (non-hydrogen) atoms. The summed E-state index contributed by atoms with van der Waals surface area (Å²) in [5, 5.41) is 15.5. The van der Waals surface area contributed by atoms with Crippen LogP contribution in [-0.2, 0) is 14.6 Å². The van der Waals surface area contributed by atoms with Crippen molar-refractivity contribution in [2.75, 3.05) is 5.75 Å². The summed E-state index contributed by atoms with van der Waals surface area (Å²) >= 11 is 0. The van der Waals surface area contributed by atoms with Crippen LogP contribution in [0, 0.1) is 0 Å². The van der Waals surface area contributed by atoms with Crippen LogP contribution >= 0.6 is 0 Å². The average molecular weight is 256 g/mol. The number of carboxylic acids is 1. The van der Waals surface area contributed by atoms with Crippen LogP contribution in [0.3, 0.4) is 0 Å². The van der Waals surface area contributed by atoms with Gasteiger partial charge in [-0.15, -0.1) is 0 Å². The van der Waals surface area contributed by atoms with E-state index in [1.54, 1.807) is 6.07 Å². The van der Waals surface area contributed by atoms with Gasteiger partial charge in [0.25, 0.3) is 0 Å². The number of hydrogen-bond donors (Lipinski definition) is 1. The number of aliphatic carboxylic acids is 1. The van der Waals surface area contributed by atoms with Crippen molar-refractivity contribution in [2.24, 2.45) is 0 Å². The lowest BCUT2D eigenvalue weighted by molar-refractivity contribution is -0.136. The quantitative estimate of drug-likeness (QED) is 0.846. The van der Waals surface area contributed by atoms with Crippen molar-refractivity contribution in [3.8, 4) is 0 Å². The van der Waals surface area contributed by atoms with Crippen molar-refractivity contribution in [3.05, 3.63) is 18.2 Å². The lowest BCUT2D eigenvalue weighted by atomic mass is 10.3. The number of benzene rings is 1. The fourth-order valence-corrected chi connectivity index (χ4v) is 2.75. The third-order valence-electron chi connectivity index (χ3n) is 2.17. The highest BCUT2D eigenvalue weighted by atomic mass is 32.2. The zero-order valence-corrected chi connectivity index (χ0v) is 9.35. The smallest absolute Gasteiger partial charge is 0.304 e. The molecule has 0 spiro atoms. The van der Waals surface area contributed by atoms with Crippen LogP contribution in [0.25, 0.3) is 11.0 Å². The van der Waals surface area contributed by atoms with Crippen molar-refractivity contribution in [2.45, 2.75) is 11.3 Å². The molecule has 8 heteroatoms. The molecule has 0 unspecified atom stereocenters. The second-order valence-corrected chi connectivity index (χ2v) is 5.43. The van der Waals surface area contributed by atoms with E-state index in [4.69, 9.17) is 5.11 Å². The lowest BCUT2D eigenvalue weighted by Gasteiger charge is -2.01. The molecule has 7 nitrogen and oxygen atoms in total. The number of rotatable bonds is 4. The summed E-state index contributed by atoms with van der Waals surface area (Å²) in [6, 6.07) is 4.41. The first-order valence-electron chi connectivity index (χ1n) is 4.66. The molecule has 0 amide bonds. The van der Waals surface area contributed by atoms with Gasteiger partial charge in [-0.05, 0) is 22.4 Å². The number of sulfone groups is 1. The van der Waals surface area contributed by atoms with Gasteiger partial charge in [0, 0.05) is 0 Å². The minimum absolute atomic E-state index is 0.0579. The molecule has 0 bridgehead atoms. The van der Waals surface area contributed by atoms with Gasteiger partial charge in [-0.2, -0.15) is 0 Å². The van der Waals surface area contributed by atoms with E-state index in [0.717, 1.165) is 0 Å². The highest BCUT2D eigenvalue weighted by Gasteiger charge is 2.21. The molecule has 0 aliphatic carbocycles.